The maximum Gasteiger partial charge on any atom is 0.138 e. The number of aromatic nitrogens is 2. The Labute approximate surface area is 118 Å². The lowest BCUT2D eigenvalue weighted by Gasteiger charge is -2.30. The Kier molecular flexibility index (Phi) is 3.97. The summed E-state index contributed by atoms with van der Waals surface area (Å²) in [7, 11) is 0. The number of nitrogens with zero attached hydrogens (tertiary/aromatic N) is 2. The van der Waals surface area contributed by atoms with E-state index in [2.05, 4.69) is 33.7 Å². The standard InChI is InChI=1S/C15H21N3S/c1-2-13(11-6-4-3-5-7-11)18-14-12-8-9-19-15(12)17-10-16-14/h8-11,13H,2-7H2,1H3,(H,16,17,18). The van der Waals surface area contributed by atoms with Gasteiger partial charge in [0.05, 0.1) is 5.39 Å². The maximum absolute atomic E-state index is 4.45. The fourth-order valence-corrected chi connectivity index (χ4v) is 3.90. The van der Waals surface area contributed by atoms with Gasteiger partial charge in [0, 0.05) is 6.04 Å². The third-order valence-electron chi connectivity index (χ3n) is 4.24. The van der Waals surface area contributed by atoms with Crippen LogP contribution in [0.5, 0.6) is 0 Å². The van der Waals surface area contributed by atoms with Crippen LogP contribution in [0.4, 0.5) is 5.82 Å². The second-order valence-electron chi connectivity index (χ2n) is 5.42. The van der Waals surface area contributed by atoms with Crippen molar-refractivity contribution in [2.75, 3.05) is 5.32 Å². The molecule has 19 heavy (non-hydrogen) atoms. The lowest BCUT2D eigenvalue weighted by molar-refractivity contribution is 0.312. The van der Waals surface area contributed by atoms with Crippen LogP contribution in [0.2, 0.25) is 0 Å². The molecule has 3 rings (SSSR count). The molecule has 4 heteroatoms. The summed E-state index contributed by atoms with van der Waals surface area (Å²) in [5.74, 6) is 1.83. The molecule has 1 aliphatic rings. The second kappa shape index (κ2) is 5.87. The van der Waals surface area contributed by atoms with E-state index in [1.807, 2.05) is 0 Å². The van der Waals surface area contributed by atoms with Crippen LogP contribution >= 0.6 is 11.3 Å². The molecule has 102 valence electrons. The number of hydrogen-bond donors (Lipinski definition) is 1. The van der Waals surface area contributed by atoms with Gasteiger partial charge in [-0.15, -0.1) is 11.3 Å². The minimum Gasteiger partial charge on any atom is -0.366 e. The first kappa shape index (κ1) is 12.9. The van der Waals surface area contributed by atoms with Gasteiger partial charge in [0.25, 0.3) is 0 Å². The largest absolute Gasteiger partial charge is 0.366 e. The second-order valence-corrected chi connectivity index (χ2v) is 6.31. The van der Waals surface area contributed by atoms with E-state index in [9.17, 15) is 0 Å². The van der Waals surface area contributed by atoms with Crippen LogP contribution in [0, 0.1) is 5.92 Å². The molecule has 1 saturated carbocycles. The molecule has 1 N–H and O–H groups in total. The van der Waals surface area contributed by atoms with E-state index in [4.69, 9.17) is 0 Å². The molecule has 2 aromatic rings. The minimum absolute atomic E-state index is 0.554. The van der Waals surface area contributed by atoms with Gasteiger partial charge in [-0.05, 0) is 36.6 Å². The molecule has 2 heterocycles. The molecule has 0 saturated heterocycles. The highest BCUT2D eigenvalue weighted by molar-refractivity contribution is 7.16. The summed E-state index contributed by atoms with van der Waals surface area (Å²) in [5, 5.41) is 6.94. The van der Waals surface area contributed by atoms with E-state index in [1.54, 1.807) is 17.7 Å². The Hall–Kier alpha value is -1.16. The molecule has 0 amide bonds. The highest BCUT2D eigenvalue weighted by Crippen LogP contribution is 2.31. The summed E-state index contributed by atoms with van der Waals surface area (Å²) in [4.78, 5) is 9.84. The molecule has 1 atom stereocenters. The van der Waals surface area contributed by atoms with Crippen molar-refractivity contribution in [1.29, 1.82) is 0 Å². The molecule has 0 aromatic carbocycles. The average Bonchev–Trinajstić information content (AvgIpc) is 2.95. The van der Waals surface area contributed by atoms with Gasteiger partial charge in [-0.25, -0.2) is 9.97 Å². The third kappa shape index (κ3) is 2.73. The molecule has 1 unspecified atom stereocenters. The Morgan fingerprint density at radius 1 is 1.32 bits per heavy atom. The molecular formula is C15H21N3S. The minimum atomic E-state index is 0.554. The predicted octanol–water partition coefficient (Wildman–Crippen LogP) is 4.46. The van der Waals surface area contributed by atoms with E-state index in [0.29, 0.717) is 6.04 Å². The summed E-state index contributed by atoms with van der Waals surface area (Å²) in [6.07, 6.45) is 9.76. The maximum atomic E-state index is 4.45. The van der Waals surface area contributed by atoms with Crippen LogP contribution in [-0.2, 0) is 0 Å². The number of anilines is 1. The van der Waals surface area contributed by atoms with Crippen molar-refractivity contribution in [3.8, 4) is 0 Å². The van der Waals surface area contributed by atoms with Gasteiger partial charge in [0.1, 0.15) is 17.0 Å². The van der Waals surface area contributed by atoms with Gasteiger partial charge < -0.3 is 5.32 Å². The van der Waals surface area contributed by atoms with Gasteiger partial charge in [-0.2, -0.15) is 0 Å². The Morgan fingerprint density at radius 3 is 2.95 bits per heavy atom. The van der Waals surface area contributed by atoms with Crippen LogP contribution in [0.3, 0.4) is 0 Å². The quantitative estimate of drug-likeness (QED) is 0.895. The fourth-order valence-electron chi connectivity index (χ4n) is 3.17. The van der Waals surface area contributed by atoms with Crippen molar-refractivity contribution < 1.29 is 0 Å². The van der Waals surface area contributed by atoms with E-state index < -0.39 is 0 Å². The van der Waals surface area contributed by atoms with E-state index in [1.165, 1.54) is 43.9 Å². The van der Waals surface area contributed by atoms with Gasteiger partial charge >= 0.3 is 0 Å². The lowest BCUT2D eigenvalue weighted by atomic mass is 9.83. The predicted molar refractivity (Wildman–Crippen MR) is 81.7 cm³/mol. The number of rotatable bonds is 4. The normalized spacial score (nSPS) is 18.6. The molecule has 0 aliphatic heterocycles. The van der Waals surface area contributed by atoms with Crippen LogP contribution in [0.15, 0.2) is 17.8 Å². The van der Waals surface area contributed by atoms with Gasteiger partial charge in [0.15, 0.2) is 0 Å². The van der Waals surface area contributed by atoms with Crippen molar-refractivity contribution in [2.24, 2.45) is 5.92 Å². The summed E-state index contributed by atoms with van der Waals surface area (Å²) >= 11 is 1.68. The Bertz CT molecular complexity index is 531. The molecule has 0 radical (unpaired) electrons. The summed E-state index contributed by atoms with van der Waals surface area (Å²) in [6.45, 7) is 2.28. The fraction of sp³-hybridized carbons (Fsp3) is 0.600. The molecular weight excluding hydrogens is 254 g/mol. The van der Waals surface area contributed by atoms with Gasteiger partial charge in [-0.1, -0.05) is 26.2 Å². The zero-order valence-corrected chi connectivity index (χ0v) is 12.2. The van der Waals surface area contributed by atoms with Gasteiger partial charge in [0.2, 0.25) is 0 Å². The van der Waals surface area contributed by atoms with Crippen molar-refractivity contribution in [3.05, 3.63) is 17.8 Å². The highest BCUT2D eigenvalue weighted by Gasteiger charge is 2.23. The lowest BCUT2D eigenvalue weighted by Crippen LogP contribution is -2.30. The SMILES string of the molecule is CCC(Nc1ncnc2sccc12)C1CCCCC1. The molecule has 1 aliphatic carbocycles. The summed E-state index contributed by atoms with van der Waals surface area (Å²) in [6, 6.07) is 2.67. The third-order valence-corrected chi connectivity index (χ3v) is 5.06. The zero-order valence-electron chi connectivity index (χ0n) is 11.4. The number of fused-ring (bicyclic) bond motifs is 1. The van der Waals surface area contributed by atoms with Crippen LogP contribution < -0.4 is 5.32 Å². The average molecular weight is 275 g/mol. The number of hydrogen-bond acceptors (Lipinski definition) is 4. The summed E-state index contributed by atoms with van der Waals surface area (Å²) in [5.41, 5.74) is 0. The van der Waals surface area contributed by atoms with Crippen LogP contribution in [-0.4, -0.2) is 16.0 Å². The van der Waals surface area contributed by atoms with Crippen molar-refractivity contribution >= 4 is 27.4 Å². The molecule has 3 nitrogen and oxygen atoms in total. The first-order valence-electron chi connectivity index (χ1n) is 7.33. The first-order chi connectivity index (χ1) is 9.38. The molecule has 2 aromatic heterocycles. The van der Waals surface area contributed by atoms with E-state index in [0.717, 1.165) is 16.6 Å². The van der Waals surface area contributed by atoms with Crippen LogP contribution in [0.25, 0.3) is 10.2 Å². The Morgan fingerprint density at radius 2 is 2.16 bits per heavy atom. The first-order valence-corrected chi connectivity index (χ1v) is 8.21. The van der Waals surface area contributed by atoms with Crippen molar-refractivity contribution in [2.45, 2.75) is 51.5 Å². The monoisotopic (exact) mass is 275 g/mol. The molecule has 1 fully saturated rings. The highest BCUT2D eigenvalue weighted by atomic mass is 32.1. The molecule has 0 spiro atoms. The topological polar surface area (TPSA) is 37.8 Å². The Balaban J connectivity index is 1.79. The summed E-state index contributed by atoms with van der Waals surface area (Å²) < 4.78 is 0. The van der Waals surface area contributed by atoms with Crippen LogP contribution in [0.1, 0.15) is 45.4 Å². The molecule has 0 bridgehead atoms. The van der Waals surface area contributed by atoms with Gasteiger partial charge in [-0.3, -0.25) is 0 Å². The zero-order chi connectivity index (χ0) is 13.1. The number of thiophene rings is 1. The van der Waals surface area contributed by atoms with E-state index in [-0.39, 0.29) is 0 Å². The number of nitrogens with one attached hydrogen (secondary N) is 1. The smallest absolute Gasteiger partial charge is 0.138 e. The van der Waals surface area contributed by atoms with E-state index >= 15 is 0 Å². The van der Waals surface area contributed by atoms with Crippen molar-refractivity contribution in [3.63, 3.8) is 0 Å². The van der Waals surface area contributed by atoms with Crippen molar-refractivity contribution in [1.82, 2.24) is 9.97 Å².